The van der Waals surface area contributed by atoms with Gasteiger partial charge in [0.1, 0.15) is 23.0 Å². The van der Waals surface area contributed by atoms with E-state index in [-0.39, 0.29) is 17.8 Å². The van der Waals surface area contributed by atoms with E-state index in [9.17, 15) is 14.4 Å². The van der Waals surface area contributed by atoms with Gasteiger partial charge in [-0.25, -0.2) is 4.79 Å². The van der Waals surface area contributed by atoms with Crippen molar-refractivity contribution in [3.8, 4) is 0 Å². The van der Waals surface area contributed by atoms with Crippen LogP contribution in [0.15, 0.2) is 59.5 Å². The molecule has 2 aromatic rings. The molecule has 1 aliphatic heterocycles. The first-order valence-corrected chi connectivity index (χ1v) is 11.3. The smallest absolute Gasteiger partial charge is 0.413 e. The van der Waals surface area contributed by atoms with Gasteiger partial charge in [0.05, 0.1) is 0 Å². The van der Waals surface area contributed by atoms with Crippen LogP contribution in [0, 0.1) is 0 Å². The van der Waals surface area contributed by atoms with Crippen molar-refractivity contribution in [2.75, 3.05) is 0 Å². The van der Waals surface area contributed by atoms with E-state index in [0.717, 1.165) is 5.56 Å². The Balaban J connectivity index is 1.91. The number of carbonyl (C=O) groups excluding carboxylic acids is 2. The number of hydrogen-bond acceptors (Lipinski definition) is 5. The SMILES string of the molecule is CC(C)(C)OC(=O)N1C(C)(C)O[C@H](C(=O)CCCn2ccccc2=O)[C@@]1(C)c1ccccc1. The van der Waals surface area contributed by atoms with Gasteiger partial charge in [-0.3, -0.25) is 14.5 Å². The highest BCUT2D eigenvalue weighted by Gasteiger charge is 2.61. The minimum absolute atomic E-state index is 0.103. The lowest BCUT2D eigenvalue weighted by Crippen LogP contribution is -2.56. The second-order valence-electron chi connectivity index (χ2n) is 10.1. The summed E-state index contributed by atoms with van der Waals surface area (Å²) < 4.78 is 13.6. The van der Waals surface area contributed by atoms with E-state index in [1.54, 1.807) is 41.6 Å². The average molecular weight is 455 g/mol. The van der Waals surface area contributed by atoms with Crippen molar-refractivity contribution >= 4 is 11.9 Å². The monoisotopic (exact) mass is 454 g/mol. The Hall–Kier alpha value is -2.93. The summed E-state index contributed by atoms with van der Waals surface area (Å²) in [6.07, 6.45) is 0.993. The van der Waals surface area contributed by atoms with E-state index in [2.05, 4.69) is 0 Å². The number of ketones is 1. The molecule has 0 bridgehead atoms. The Kier molecular flexibility index (Phi) is 6.84. The molecule has 1 fully saturated rings. The van der Waals surface area contributed by atoms with Gasteiger partial charge in [0.2, 0.25) is 5.56 Å². The summed E-state index contributed by atoms with van der Waals surface area (Å²) in [5.41, 5.74) is -2.14. The van der Waals surface area contributed by atoms with E-state index in [1.165, 1.54) is 6.07 Å². The fraction of sp³-hybridized carbons (Fsp3) is 0.500. The Morgan fingerprint density at radius 2 is 1.67 bits per heavy atom. The van der Waals surface area contributed by atoms with Gasteiger partial charge in [-0.1, -0.05) is 36.4 Å². The molecule has 0 unspecified atom stereocenters. The van der Waals surface area contributed by atoms with Crippen LogP contribution in [0.25, 0.3) is 0 Å². The average Bonchev–Trinajstić information content (AvgIpc) is 2.95. The van der Waals surface area contributed by atoms with Crippen LogP contribution in [0.5, 0.6) is 0 Å². The summed E-state index contributed by atoms with van der Waals surface area (Å²) >= 11 is 0. The van der Waals surface area contributed by atoms with Gasteiger partial charge in [0.15, 0.2) is 5.78 Å². The second kappa shape index (κ2) is 9.14. The highest BCUT2D eigenvalue weighted by atomic mass is 16.6. The topological polar surface area (TPSA) is 77.8 Å². The summed E-state index contributed by atoms with van der Waals surface area (Å²) in [5, 5.41) is 0. The lowest BCUT2D eigenvalue weighted by Gasteiger charge is -2.41. The number of aryl methyl sites for hydroxylation is 1. The quantitative estimate of drug-likeness (QED) is 0.643. The normalized spacial score (nSPS) is 22.2. The maximum absolute atomic E-state index is 13.5. The molecule has 1 saturated heterocycles. The Labute approximate surface area is 195 Å². The number of nitrogens with zero attached hydrogens (tertiary/aromatic N) is 2. The minimum Gasteiger partial charge on any atom is -0.444 e. The fourth-order valence-corrected chi connectivity index (χ4v) is 4.48. The third-order valence-electron chi connectivity index (χ3n) is 5.87. The molecular weight excluding hydrogens is 420 g/mol. The van der Waals surface area contributed by atoms with Gasteiger partial charge in [0, 0.05) is 25.2 Å². The Morgan fingerprint density at radius 3 is 2.27 bits per heavy atom. The predicted molar refractivity (Wildman–Crippen MR) is 126 cm³/mol. The second-order valence-corrected chi connectivity index (χ2v) is 10.1. The molecule has 33 heavy (non-hydrogen) atoms. The van der Waals surface area contributed by atoms with Crippen LogP contribution in [0.3, 0.4) is 0 Å². The van der Waals surface area contributed by atoms with Crippen molar-refractivity contribution in [1.29, 1.82) is 0 Å². The molecule has 0 aliphatic carbocycles. The molecule has 2 heterocycles. The number of benzene rings is 1. The van der Waals surface area contributed by atoms with Crippen LogP contribution in [-0.2, 0) is 26.4 Å². The zero-order chi connectivity index (χ0) is 24.4. The largest absolute Gasteiger partial charge is 0.444 e. The first-order valence-electron chi connectivity index (χ1n) is 11.3. The molecule has 1 aliphatic rings. The Bertz CT molecular complexity index is 1050. The minimum atomic E-state index is -1.07. The summed E-state index contributed by atoms with van der Waals surface area (Å²) in [6, 6.07) is 14.4. The number of rotatable bonds is 6. The zero-order valence-corrected chi connectivity index (χ0v) is 20.3. The maximum Gasteiger partial charge on any atom is 0.413 e. The summed E-state index contributed by atoms with van der Waals surface area (Å²) in [7, 11) is 0. The first-order chi connectivity index (χ1) is 15.4. The fourth-order valence-electron chi connectivity index (χ4n) is 4.48. The van der Waals surface area contributed by atoms with Gasteiger partial charge in [-0.15, -0.1) is 0 Å². The van der Waals surface area contributed by atoms with Gasteiger partial charge < -0.3 is 14.0 Å². The summed E-state index contributed by atoms with van der Waals surface area (Å²) in [5.74, 6) is -0.121. The van der Waals surface area contributed by atoms with E-state index in [4.69, 9.17) is 9.47 Å². The molecule has 3 rings (SSSR count). The number of amides is 1. The third kappa shape index (κ3) is 5.19. The Morgan fingerprint density at radius 1 is 1.03 bits per heavy atom. The molecule has 178 valence electrons. The molecule has 7 heteroatoms. The molecule has 0 radical (unpaired) electrons. The third-order valence-corrected chi connectivity index (χ3v) is 5.87. The molecule has 1 aromatic heterocycles. The highest BCUT2D eigenvalue weighted by molar-refractivity contribution is 5.87. The predicted octanol–water partition coefficient (Wildman–Crippen LogP) is 4.49. The van der Waals surface area contributed by atoms with Crippen molar-refractivity contribution in [2.45, 2.75) is 83.9 Å². The van der Waals surface area contributed by atoms with Crippen molar-refractivity contribution in [3.05, 3.63) is 70.6 Å². The van der Waals surface area contributed by atoms with Crippen LogP contribution in [0.4, 0.5) is 4.79 Å². The number of aromatic nitrogens is 1. The number of hydrogen-bond donors (Lipinski definition) is 0. The summed E-state index contributed by atoms with van der Waals surface area (Å²) in [6.45, 7) is 11.3. The first kappa shape index (κ1) is 24.7. The zero-order valence-electron chi connectivity index (χ0n) is 20.3. The van der Waals surface area contributed by atoms with Crippen LogP contribution in [0.1, 0.15) is 59.9 Å². The number of carbonyl (C=O) groups is 2. The van der Waals surface area contributed by atoms with E-state index in [1.807, 2.05) is 58.0 Å². The molecule has 7 nitrogen and oxygen atoms in total. The maximum atomic E-state index is 13.5. The van der Waals surface area contributed by atoms with Gasteiger partial charge >= 0.3 is 6.09 Å². The summed E-state index contributed by atoms with van der Waals surface area (Å²) in [4.78, 5) is 40.3. The van der Waals surface area contributed by atoms with Crippen LogP contribution >= 0.6 is 0 Å². The number of pyridine rings is 1. The molecule has 0 spiro atoms. The highest BCUT2D eigenvalue weighted by Crippen LogP contribution is 2.47. The van der Waals surface area contributed by atoms with E-state index < -0.39 is 29.1 Å². The molecule has 1 aromatic carbocycles. The lowest BCUT2D eigenvalue weighted by molar-refractivity contribution is -0.137. The molecule has 1 amide bonds. The van der Waals surface area contributed by atoms with Crippen LogP contribution < -0.4 is 5.56 Å². The molecular formula is C26H34N2O5. The van der Waals surface area contributed by atoms with Crippen molar-refractivity contribution in [2.24, 2.45) is 0 Å². The van der Waals surface area contributed by atoms with E-state index in [0.29, 0.717) is 13.0 Å². The van der Waals surface area contributed by atoms with Crippen molar-refractivity contribution < 1.29 is 19.1 Å². The molecule has 2 atom stereocenters. The number of ether oxygens (including phenoxy) is 2. The van der Waals surface area contributed by atoms with Gasteiger partial charge in [0.25, 0.3) is 0 Å². The van der Waals surface area contributed by atoms with Gasteiger partial charge in [-0.05, 0) is 59.6 Å². The lowest BCUT2D eigenvalue weighted by atomic mass is 9.82. The van der Waals surface area contributed by atoms with Crippen LogP contribution in [0.2, 0.25) is 0 Å². The van der Waals surface area contributed by atoms with Crippen molar-refractivity contribution in [1.82, 2.24) is 9.47 Å². The number of Topliss-reactive ketones (excluding diaryl/α,β-unsaturated/α-hetero) is 1. The van der Waals surface area contributed by atoms with Crippen LogP contribution in [-0.4, -0.2) is 38.8 Å². The van der Waals surface area contributed by atoms with Gasteiger partial charge in [-0.2, -0.15) is 0 Å². The molecule has 0 saturated carbocycles. The molecule has 0 N–H and O–H groups in total. The van der Waals surface area contributed by atoms with E-state index >= 15 is 0 Å². The van der Waals surface area contributed by atoms with Crippen molar-refractivity contribution in [3.63, 3.8) is 0 Å². The standard InChI is InChI=1S/C26H34N2O5/c1-24(2,3)33-23(31)28-25(4,5)32-22(26(28,6)19-13-8-7-9-14-19)20(29)15-12-18-27-17-11-10-16-21(27)30/h7-11,13-14,16-17,22H,12,15,18H2,1-6H3/t22-,26-/m1/s1.